The van der Waals surface area contributed by atoms with Gasteiger partial charge >= 0.3 is 0 Å². The predicted octanol–water partition coefficient (Wildman–Crippen LogP) is 9.55. The molecular formula is C51H32N4Si. The Morgan fingerprint density at radius 2 is 0.821 bits per heavy atom. The molecule has 5 heterocycles. The van der Waals surface area contributed by atoms with E-state index in [-0.39, 0.29) is 0 Å². The van der Waals surface area contributed by atoms with E-state index in [1.165, 1.54) is 96.9 Å². The van der Waals surface area contributed by atoms with E-state index in [2.05, 4.69) is 195 Å². The Hall–Kier alpha value is -7.21. The van der Waals surface area contributed by atoms with Gasteiger partial charge in [0.05, 0.1) is 45.1 Å². The van der Waals surface area contributed by atoms with Gasteiger partial charge in [-0.05, 0) is 32.9 Å². The van der Waals surface area contributed by atoms with Gasteiger partial charge in [0.1, 0.15) is 0 Å². The van der Waals surface area contributed by atoms with Crippen molar-refractivity contribution in [2.45, 2.75) is 0 Å². The van der Waals surface area contributed by atoms with Crippen LogP contribution in [0, 0.1) is 0 Å². The highest BCUT2D eigenvalue weighted by Crippen LogP contribution is 2.47. The van der Waals surface area contributed by atoms with Crippen molar-refractivity contribution in [1.29, 1.82) is 0 Å². The second kappa shape index (κ2) is 10.9. The summed E-state index contributed by atoms with van der Waals surface area (Å²) in [6, 6.07) is 66.0. The van der Waals surface area contributed by atoms with Crippen LogP contribution in [0.15, 0.2) is 195 Å². The maximum atomic E-state index is 4.70. The number of imidazole rings is 1. The summed E-state index contributed by atoms with van der Waals surface area (Å²) in [5.41, 5.74) is 8.63. The molecule has 4 nitrogen and oxygen atoms in total. The van der Waals surface area contributed by atoms with Crippen LogP contribution >= 0.6 is 0 Å². The minimum Gasteiger partial charge on any atom is -0.308 e. The molecule has 0 spiro atoms. The maximum Gasteiger partial charge on any atom is 0.182 e. The number of fused-ring (bicyclic) bond motifs is 12. The predicted molar refractivity (Wildman–Crippen MR) is 236 cm³/mol. The number of hydrogen-bond acceptors (Lipinski definition) is 1. The zero-order valence-electron chi connectivity index (χ0n) is 30.3. The van der Waals surface area contributed by atoms with Gasteiger partial charge in [-0.1, -0.05) is 164 Å². The van der Waals surface area contributed by atoms with Crippen molar-refractivity contribution in [3.8, 4) is 5.69 Å². The van der Waals surface area contributed by atoms with Crippen LogP contribution in [0.1, 0.15) is 0 Å². The second-order valence-corrected chi connectivity index (χ2v) is 18.8. The SMILES string of the molecule is c1ccc([Si](c2ccccc2)(c2ccccc2)c2c3c4cccc5c6ccccc6n(c3c(-n3ccnc3)c3c6cccc7c8ccccc8n(c23)c76)c54)cc1. The molecule has 0 saturated carbocycles. The van der Waals surface area contributed by atoms with Crippen LogP contribution in [0.25, 0.3) is 81.9 Å². The van der Waals surface area contributed by atoms with Gasteiger partial charge in [-0.3, -0.25) is 0 Å². The molecule has 5 aromatic heterocycles. The van der Waals surface area contributed by atoms with Crippen LogP contribution in [0.4, 0.5) is 0 Å². The normalized spacial score (nSPS) is 12.6. The van der Waals surface area contributed by atoms with Gasteiger partial charge < -0.3 is 13.4 Å². The fourth-order valence-electron chi connectivity index (χ4n) is 10.6. The lowest BCUT2D eigenvalue weighted by molar-refractivity contribution is 1.07. The molecule has 8 aromatic carbocycles. The summed E-state index contributed by atoms with van der Waals surface area (Å²) in [6.07, 6.45) is 6.04. The molecule has 0 saturated heterocycles. The molecule has 5 heteroatoms. The zero-order valence-corrected chi connectivity index (χ0v) is 31.3. The minimum absolute atomic E-state index is 1.16. The fourth-order valence-corrected chi connectivity index (χ4v) is 15.7. The van der Waals surface area contributed by atoms with Crippen LogP contribution in [0.3, 0.4) is 0 Å². The Morgan fingerprint density at radius 1 is 0.375 bits per heavy atom. The average molecular weight is 729 g/mol. The summed E-state index contributed by atoms with van der Waals surface area (Å²) in [5.74, 6) is 0. The van der Waals surface area contributed by atoms with Crippen LogP contribution in [-0.4, -0.2) is 26.4 Å². The van der Waals surface area contributed by atoms with Gasteiger partial charge in [-0.2, -0.15) is 0 Å². The molecule has 0 fully saturated rings. The van der Waals surface area contributed by atoms with Crippen LogP contribution < -0.4 is 20.7 Å². The van der Waals surface area contributed by atoms with Crippen LogP contribution in [-0.2, 0) is 0 Å². The van der Waals surface area contributed by atoms with E-state index in [0.717, 1.165) is 5.69 Å². The number of rotatable bonds is 5. The van der Waals surface area contributed by atoms with Crippen molar-refractivity contribution in [3.05, 3.63) is 195 Å². The number of benzene rings is 8. The molecule has 0 amide bonds. The first-order valence-corrected chi connectivity index (χ1v) is 21.3. The van der Waals surface area contributed by atoms with Crippen molar-refractivity contribution in [2.75, 3.05) is 0 Å². The largest absolute Gasteiger partial charge is 0.308 e. The first-order chi connectivity index (χ1) is 27.9. The third-order valence-electron chi connectivity index (χ3n) is 12.6. The molecule has 0 N–H and O–H groups in total. The van der Waals surface area contributed by atoms with E-state index in [0.29, 0.717) is 0 Å². The van der Waals surface area contributed by atoms with Gasteiger partial charge in [0.15, 0.2) is 8.07 Å². The Morgan fingerprint density at radius 3 is 1.34 bits per heavy atom. The molecule has 0 unspecified atom stereocenters. The minimum atomic E-state index is -3.19. The van der Waals surface area contributed by atoms with E-state index >= 15 is 0 Å². The lowest BCUT2D eigenvalue weighted by atomic mass is 10.0. The van der Waals surface area contributed by atoms with Crippen molar-refractivity contribution >= 4 is 105 Å². The number of para-hydroxylation sites is 4. The molecule has 260 valence electrons. The monoisotopic (exact) mass is 728 g/mol. The third kappa shape index (κ3) is 3.57. The highest BCUT2D eigenvalue weighted by atomic mass is 28.3. The summed E-state index contributed by atoms with van der Waals surface area (Å²) in [7, 11) is -3.19. The summed E-state index contributed by atoms with van der Waals surface area (Å²) in [6.45, 7) is 0. The average Bonchev–Trinajstić information content (AvgIpc) is 4.11. The van der Waals surface area contributed by atoms with Gasteiger partial charge in [0.25, 0.3) is 0 Å². The number of aromatic nitrogens is 4. The molecule has 13 aromatic rings. The van der Waals surface area contributed by atoms with Gasteiger partial charge in [-0.15, -0.1) is 0 Å². The first-order valence-electron chi connectivity index (χ1n) is 19.3. The molecular weight excluding hydrogens is 697 g/mol. The number of hydrogen-bond donors (Lipinski definition) is 0. The van der Waals surface area contributed by atoms with E-state index in [9.17, 15) is 0 Å². The van der Waals surface area contributed by atoms with E-state index in [1.54, 1.807) is 0 Å². The van der Waals surface area contributed by atoms with Gasteiger partial charge in [0.2, 0.25) is 0 Å². The Bertz CT molecular complexity index is 3520. The standard InChI is InChI=1S/C51H32N4Si/c1-4-16-33(17-5-1)56(34-18-6-2-7-19-34,35-20-8-3-9-21-35)51-45-41-27-15-25-39-36-22-10-12-28-42(36)54(47(39)41)49(45)48(53-31-30-52-32-53)44-40-26-14-24-38-37-23-11-13-29-43(37)55(46(38)40)50(44)51/h1-32H. The van der Waals surface area contributed by atoms with E-state index in [4.69, 9.17) is 4.98 Å². The third-order valence-corrected chi connectivity index (χ3v) is 17.4. The molecule has 0 aliphatic rings. The summed E-state index contributed by atoms with van der Waals surface area (Å²) in [5, 5.41) is 15.7. The van der Waals surface area contributed by atoms with Gasteiger partial charge in [0, 0.05) is 55.5 Å². The number of nitrogens with zero attached hydrogens (tertiary/aromatic N) is 4. The van der Waals surface area contributed by atoms with E-state index in [1.807, 2.05) is 12.5 Å². The molecule has 56 heavy (non-hydrogen) atoms. The van der Waals surface area contributed by atoms with Gasteiger partial charge in [-0.25, -0.2) is 4.98 Å². The summed E-state index contributed by atoms with van der Waals surface area (Å²) in [4.78, 5) is 4.70. The Kier molecular flexibility index (Phi) is 5.89. The lowest BCUT2D eigenvalue weighted by Gasteiger charge is -2.36. The summed E-state index contributed by atoms with van der Waals surface area (Å²) >= 11 is 0. The van der Waals surface area contributed by atoms with Crippen LogP contribution in [0.5, 0.6) is 0 Å². The zero-order chi connectivity index (χ0) is 36.5. The van der Waals surface area contributed by atoms with Crippen molar-refractivity contribution < 1.29 is 0 Å². The van der Waals surface area contributed by atoms with Crippen LogP contribution in [0.2, 0.25) is 0 Å². The fraction of sp³-hybridized carbons (Fsp3) is 0. The molecule has 0 bridgehead atoms. The molecule has 0 radical (unpaired) electrons. The van der Waals surface area contributed by atoms with Crippen molar-refractivity contribution in [2.24, 2.45) is 0 Å². The molecule has 0 aliphatic carbocycles. The first kappa shape index (κ1) is 30.2. The Balaban J connectivity index is 1.46. The highest BCUT2D eigenvalue weighted by molar-refractivity contribution is 7.21. The highest BCUT2D eigenvalue weighted by Gasteiger charge is 2.46. The summed E-state index contributed by atoms with van der Waals surface area (Å²) < 4.78 is 7.49. The molecule has 0 aliphatic heterocycles. The van der Waals surface area contributed by atoms with Crippen molar-refractivity contribution in [3.63, 3.8) is 0 Å². The maximum absolute atomic E-state index is 4.70. The molecule has 13 rings (SSSR count). The lowest BCUT2D eigenvalue weighted by Crippen LogP contribution is -2.75. The molecule has 0 atom stereocenters. The Labute approximate surface area is 322 Å². The second-order valence-electron chi connectivity index (χ2n) is 15.1. The smallest absolute Gasteiger partial charge is 0.182 e. The van der Waals surface area contributed by atoms with E-state index < -0.39 is 8.07 Å². The topological polar surface area (TPSA) is 26.6 Å². The quantitative estimate of drug-likeness (QED) is 0.128. The van der Waals surface area contributed by atoms with Crippen molar-refractivity contribution in [1.82, 2.24) is 18.4 Å².